The third-order valence-electron chi connectivity index (χ3n) is 2.41. The molecule has 0 aliphatic heterocycles. The Morgan fingerprint density at radius 1 is 1.40 bits per heavy atom. The summed E-state index contributed by atoms with van der Waals surface area (Å²) in [6.07, 6.45) is 3.57. The van der Waals surface area contributed by atoms with Gasteiger partial charge in [0.1, 0.15) is 0 Å². The zero-order valence-electron chi connectivity index (χ0n) is 8.91. The van der Waals surface area contributed by atoms with Crippen LogP contribution in [0.2, 0.25) is 0 Å². The first kappa shape index (κ1) is 9.71. The zero-order valence-corrected chi connectivity index (χ0v) is 8.91. The highest BCUT2D eigenvalue weighted by molar-refractivity contribution is 5.41. The smallest absolute Gasteiger partial charge is 0.0643 e. The average Bonchev–Trinajstić information content (AvgIpc) is 2.58. The van der Waals surface area contributed by atoms with Gasteiger partial charge in [-0.15, -0.1) is 0 Å². The molecule has 0 aliphatic carbocycles. The van der Waals surface area contributed by atoms with Crippen LogP contribution in [0.25, 0.3) is 0 Å². The van der Waals surface area contributed by atoms with Crippen molar-refractivity contribution in [2.45, 2.75) is 20.4 Å². The molecule has 4 nitrogen and oxygen atoms in total. The first-order valence-corrected chi connectivity index (χ1v) is 4.91. The molecule has 0 saturated carbocycles. The van der Waals surface area contributed by atoms with Crippen LogP contribution >= 0.6 is 0 Å². The second-order valence-corrected chi connectivity index (χ2v) is 3.51. The summed E-state index contributed by atoms with van der Waals surface area (Å²) in [5.74, 6) is 0. The Morgan fingerprint density at radius 3 is 2.87 bits per heavy atom. The maximum atomic E-state index is 4.15. The SMILES string of the molecule is Cc1n[nH]c(C)c1CNc1cccnc1. The van der Waals surface area contributed by atoms with E-state index in [4.69, 9.17) is 0 Å². The molecule has 0 radical (unpaired) electrons. The summed E-state index contributed by atoms with van der Waals surface area (Å²) in [7, 11) is 0. The quantitative estimate of drug-likeness (QED) is 0.800. The molecule has 2 aromatic heterocycles. The van der Waals surface area contributed by atoms with Crippen LogP contribution in [0, 0.1) is 13.8 Å². The largest absolute Gasteiger partial charge is 0.380 e. The Morgan fingerprint density at radius 2 is 2.27 bits per heavy atom. The summed E-state index contributed by atoms with van der Waals surface area (Å²) in [6, 6.07) is 3.91. The number of aromatic nitrogens is 3. The van der Waals surface area contributed by atoms with Crippen LogP contribution in [0.5, 0.6) is 0 Å². The number of pyridine rings is 1. The standard InChI is InChI=1S/C11H14N4/c1-8-11(9(2)15-14-8)7-13-10-4-3-5-12-6-10/h3-6,13H,7H2,1-2H3,(H,14,15). The summed E-state index contributed by atoms with van der Waals surface area (Å²) in [5.41, 5.74) is 4.41. The normalized spacial score (nSPS) is 10.3. The summed E-state index contributed by atoms with van der Waals surface area (Å²) < 4.78 is 0. The Kier molecular flexibility index (Phi) is 2.67. The van der Waals surface area contributed by atoms with E-state index in [1.54, 1.807) is 6.20 Å². The molecule has 0 unspecified atom stereocenters. The second-order valence-electron chi connectivity index (χ2n) is 3.51. The lowest BCUT2D eigenvalue weighted by molar-refractivity contribution is 1.02. The molecular weight excluding hydrogens is 188 g/mol. The number of hydrogen-bond acceptors (Lipinski definition) is 3. The average molecular weight is 202 g/mol. The van der Waals surface area contributed by atoms with E-state index in [1.807, 2.05) is 32.2 Å². The first-order valence-electron chi connectivity index (χ1n) is 4.91. The van der Waals surface area contributed by atoms with Crippen LogP contribution in [-0.4, -0.2) is 15.2 Å². The zero-order chi connectivity index (χ0) is 10.7. The predicted molar refractivity (Wildman–Crippen MR) is 59.6 cm³/mol. The van der Waals surface area contributed by atoms with E-state index in [0.717, 1.165) is 23.6 Å². The maximum Gasteiger partial charge on any atom is 0.0643 e. The summed E-state index contributed by atoms with van der Waals surface area (Å²) in [4.78, 5) is 4.04. The molecular formula is C11H14N4. The molecule has 2 heterocycles. The fourth-order valence-electron chi connectivity index (χ4n) is 1.49. The fourth-order valence-corrected chi connectivity index (χ4v) is 1.49. The minimum Gasteiger partial charge on any atom is -0.380 e. The van der Waals surface area contributed by atoms with Crippen molar-refractivity contribution < 1.29 is 0 Å². The van der Waals surface area contributed by atoms with Gasteiger partial charge >= 0.3 is 0 Å². The van der Waals surface area contributed by atoms with Crippen LogP contribution in [-0.2, 0) is 6.54 Å². The minimum absolute atomic E-state index is 0.778. The van der Waals surface area contributed by atoms with Gasteiger partial charge in [-0.05, 0) is 26.0 Å². The van der Waals surface area contributed by atoms with Crippen LogP contribution in [0.3, 0.4) is 0 Å². The number of anilines is 1. The lowest BCUT2D eigenvalue weighted by Gasteiger charge is -2.05. The molecule has 0 saturated heterocycles. The van der Waals surface area contributed by atoms with Gasteiger partial charge in [0.25, 0.3) is 0 Å². The predicted octanol–water partition coefficient (Wildman–Crippen LogP) is 2.03. The summed E-state index contributed by atoms with van der Waals surface area (Å²) in [5, 5.41) is 10.4. The van der Waals surface area contributed by atoms with Crippen molar-refractivity contribution in [3.05, 3.63) is 41.5 Å². The van der Waals surface area contributed by atoms with Gasteiger partial charge < -0.3 is 5.32 Å². The summed E-state index contributed by atoms with van der Waals surface area (Å²) in [6.45, 7) is 4.81. The molecule has 2 aromatic rings. The molecule has 0 atom stereocenters. The highest BCUT2D eigenvalue weighted by Gasteiger charge is 2.05. The van der Waals surface area contributed by atoms with Crippen molar-refractivity contribution >= 4 is 5.69 Å². The number of nitrogens with one attached hydrogen (secondary N) is 2. The molecule has 15 heavy (non-hydrogen) atoms. The van der Waals surface area contributed by atoms with Gasteiger partial charge in [0.05, 0.1) is 11.4 Å². The molecule has 0 spiro atoms. The molecule has 0 fully saturated rings. The fraction of sp³-hybridized carbons (Fsp3) is 0.273. The van der Waals surface area contributed by atoms with Crippen molar-refractivity contribution in [3.63, 3.8) is 0 Å². The van der Waals surface area contributed by atoms with E-state index in [2.05, 4.69) is 20.5 Å². The number of rotatable bonds is 3. The molecule has 0 bridgehead atoms. The van der Waals surface area contributed by atoms with Crippen molar-refractivity contribution in [3.8, 4) is 0 Å². The van der Waals surface area contributed by atoms with Crippen LogP contribution < -0.4 is 5.32 Å². The Bertz CT molecular complexity index is 414. The Hall–Kier alpha value is -1.84. The monoisotopic (exact) mass is 202 g/mol. The number of aromatic amines is 1. The highest BCUT2D eigenvalue weighted by Crippen LogP contribution is 2.12. The third-order valence-corrected chi connectivity index (χ3v) is 2.41. The van der Waals surface area contributed by atoms with Gasteiger partial charge in [0, 0.05) is 30.2 Å². The molecule has 4 heteroatoms. The van der Waals surface area contributed by atoms with Crippen LogP contribution in [0.4, 0.5) is 5.69 Å². The van der Waals surface area contributed by atoms with E-state index in [9.17, 15) is 0 Å². The highest BCUT2D eigenvalue weighted by atomic mass is 15.1. The number of H-pyrrole nitrogens is 1. The van der Waals surface area contributed by atoms with Gasteiger partial charge in [-0.3, -0.25) is 10.1 Å². The van der Waals surface area contributed by atoms with Gasteiger partial charge in [0.15, 0.2) is 0 Å². The molecule has 0 amide bonds. The molecule has 0 aromatic carbocycles. The molecule has 2 N–H and O–H groups in total. The van der Waals surface area contributed by atoms with Crippen molar-refractivity contribution in [1.29, 1.82) is 0 Å². The van der Waals surface area contributed by atoms with E-state index >= 15 is 0 Å². The Labute approximate surface area is 88.8 Å². The van der Waals surface area contributed by atoms with Gasteiger partial charge in [-0.2, -0.15) is 5.10 Å². The lowest BCUT2D eigenvalue weighted by Crippen LogP contribution is -2.01. The minimum atomic E-state index is 0.778. The molecule has 0 aliphatic rings. The van der Waals surface area contributed by atoms with E-state index in [0.29, 0.717) is 0 Å². The van der Waals surface area contributed by atoms with Gasteiger partial charge in [-0.1, -0.05) is 0 Å². The van der Waals surface area contributed by atoms with Gasteiger partial charge in [-0.25, -0.2) is 0 Å². The number of aryl methyl sites for hydroxylation is 2. The lowest BCUT2D eigenvalue weighted by atomic mass is 10.2. The van der Waals surface area contributed by atoms with E-state index < -0.39 is 0 Å². The Balaban J connectivity index is 2.05. The number of nitrogens with zero attached hydrogens (tertiary/aromatic N) is 2. The van der Waals surface area contributed by atoms with Crippen molar-refractivity contribution in [2.75, 3.05) is 5.32 Å². The molecule has 78 valence electrons. The van der Waals surface area contributed by atoms with Crippen molar-refractivity contribution in [2.24, 2.45) is 0 Å². The third kappa shape index (κ3) is 2.15. The van der Waals surface area contributed by atoms with E-state index in [1.165, 1.54) is 5.56 Å². The van der Waals surface area contributed by atoms with Crippen LogP contribution in [0.15, 0.2) is 24.5 Å². The van der Waals surface area contributed by atoms with Crippen LogP contribution in [0.1, 0.15) is 17.0 Å². The van der Waals surface area contributed by atoms with Gasteiger partial charge in [0.2, 0.25) is 0 Å². The maximum absolute atomic E-state index is 4.15. The summed E-state index contributed by atoms with van der Waals surface area (Å²) >= 11 is 0. The topological polar surface area (TPSA) is 53.6 Å². The first-order chi connectivity index (χ1) is 7.27. The van der Waals surface area contributed by atoms with E-state index in [-0.39, 0.29) is 0 Å². The molecule has 2 rings (SSSR count). The second kappa shape index (κ2) is 4.13. The number of hydrogen-bond donors (Lipinski definition) is 2. The van der Waals surface area contributed by atoms with Crippen molar-refractivity contribution in [1.82, 2.24) is 15.2 Å².